The molecule has 2 N–H and O–H groups in total. The second-order valence-corrected chi connectivity index (χ2v) is 9.13. The highest BCUT2D eigenvalue weighted by atomic mass is 16.5. The SMILES string of the molecule is COCCN(C)c1ccccc1C(c1ccc(C#N)cc1)C1CNC[C@@H]1NC(=O)c1ccc(C#N)nc1. The largest absolute Gasteiger partial charge is 0.383 e. The number of para-hydroxylation sites is 1. The number of aromatic nitrogens is 1. The van der Waals surface area contributed by atoms with Crippen LogP contribution >= 0.6 is 0 Å². The van der Waals surface area contributed by atoms with Gasteiger partial charge in [0.1, 0.15) is 11.8 Å². The fourth-order valence-electron chi connectivity index (χ4n) is 4.92. The summed E-state index contributed by atoms with van der Waals surface area (Å²) in [4.78, 5) is 19.3. The van der Waals surface area contributed by atoms with Crippen LogP contribution < -0.4 is 15.5 Å². The Labute approximate surface area is 217 Å². The summed E-state index contributed by atoms with van der Waals surface area (Å²) >= 11 is 0. The smallest absolute Gasteiger partial charge is 0.253 e. The molecule has 8 nitrogen and oxygen atoms in total. The molecule has 2 heterocycles. The van der Waals surface area contributed by atoms with E-state index in [4.69, 9.17) is 10.00 Å². The lowest BCUT2D eigenvalue weighted by atomic mass is 9.77. The van der Waals surface area contributed by atoms with Crippen LogP contribution in [0.15, 0.2) is 66.9 Å². The predicted molar refractivity (Wildman–Crippen MR) is 141 cm³/mol. The zero-order valence-electron chi connectivity index (χ0n) is 21.0. The van der Waals surface area contributed by atoms with Gasteiger partial charge in [-0.1, -0.05) is 30.3 Å². The molecule has 4 rings (SSSR count). The van der Waals surface area contributed by atoms with E-state index in [9.17, 15) is 10.1 Å². The Morgan fingerprint density at radius 1 is 1.14 bits per heavy atom. The predicted octanol–water partition coefficient (Wildman–Crippen LogP) is 3.06. The molecule has 0 radical (unpaired) electrons. The van der Waals surface area contributed by atoms with Crippen LogP contribution in [0.25, 0.3) is 0 Å². The van der Waals surface area contributed by atoms with Gasteiger partial charge in [-0.15, -0.1) is 0 Å². The van der Waals surface area contributed by atoms with E-state index in [2.05, 4.69) is 45.8 Å². The van der Waals surface area contributed by atoms with Crippen LogP contribution in [-0.4, -0.2) is 57.3 Å². The molecule has 1 amide bonds. The molecule has 0 aliphatic carbocycles. The maximum absolute atomic E-state index is 13.1. The molecule has 0 spiro atoms. The summed E-state index contributed by atoms with van der Waals surface area (Å²) in [5.74, 6) is -0.201. The number of carbonyl (C=O) groups is 1. The number of amides is 1. The van der Waals surface area contributed by atoms with E-state index in [1.807, 2.05) is 42.5 Å². The van der Waals surface area contributed by atoms with Gasteiger partial charge in [0.05, 0.1) is 23.8 Å². The normalized spacial score (nSPS) is 17.4. The first-order valence-corrected chi connectivity index (χ1v) is 12.2. The second kappa shape index (κ2) is 12.1. The van der Waals surface area contributed by atoms with E-state index < -0.39 is 0 Å². The van der Waals surface area contributed by atoms with E-state index in [1.54, 1.807) is 19.2 Å². The minimum atomic E-state index is -0.222. The van der Waals surface area contributed by atoms with E-state index in [-0.39, 0.29) is 29.5 Å². The molecule has 2 unspecified atom stereocenters. The van der Waals surface area contributed by atoms with Crippen molar-refractivity contribution in [2.45, 2.75) is 12.0 Å². The van der Waals surface area contributed by atoms with Gasteiger partial charge >= 0.3 is 0 Å². The number of rotatable bonds is 9. The molecule has 188 valence electrons. The first kappa shape index (κ1) is 25.8. The average molecular weight is 495 g/mol. The third kappa shape index (κ3) is 5.95. The highest BCUT2D eigenvalue weighted by Gasteiger charge is 2.37. The topological polar surface area (TPSA) is 114 Å². The summed E-state index contributed by atoms with van der Waals surface area (Å²) in [6.45, 7) is 2.70. The number of carbonyl (C=O) groups excluding carboxylic acids is 1. The molecule has 37 heavy (non-hydrogen) atoms. The molecule has 0 saturated carbocycles. The highest BCUT2D eigenvalue weighted by molar-refractivity contribution is 5.94. The Bertz CT molecular complexity index is 1290. The summed E-state index contributed by atoms with van der Waals surface area (Å²) in [6, 6.07) is 23.2. The molecular weight excluding hydrogens is 464 g/mol. The number of pyridine rings is 1. The molecule has 2 aromatic carbocycles. The van der Waals surface area contributed by atoms with Gasteiger partial charge in [-0.3, -0.25) is 4.79 Å². The molecule has 1 aliphatic heterocycles. The number of nitriles is 2. The molecule has 1 saturated heterocycles. The van der Waals surface area contributed by atoms with Gasteiger partial charge in [-0.2, -0.15) is 10.5 Å². The van der Waals surface area contributed by atoms with Gasteiger partial charge < -0.3 is 20.3 Å². The maximum Gasteiger partial charge on any atom is 0.253 e. The van der Waals surface area contributed by atoms with E-state index in [1.165, 1.54) is 6.20 Å². The molecule has 1 aliphatic rings. The summed E-state index contributed by atoms with van der Waals surface area (Å²) in [6.07, 6.45) is 1.43. The zero-order valence-corrected chi connectivity index (χ0v) is 21.0. The maximum atomic E-state index is 13.1. The third-order valence-electron chi connectivity index (χ3n) is 6.86. The van der Waals surface area contributed by atoms with Crippen LogP contribution in [0.2, 0.25) is 0 Å². The van der Waals surface area contributed by atoms with Crippen molar-refractivity contribution in [3.8, 4) is 12.1 Å². The van der Waals surface area contributed by atoms with Gasteiger partial charge in [0.15, 0.2) is 0 Å². The van der Waals surface area contributed by atoms with Crippen LogP contribution in [0.1, 0.15) is 38.7 Å². The Balaban J connectivity index is 1.69. The Morgan fingerprint density at radius 2 is 1.92 bits per heavy atom. The number of methoxy groups -OCH3 is 1. The number of benzene rings is 2. The fourth-order valence-corrected chi connectivity index (χ4v) is 4.92. The summed E-state index contributed by atoms with van der Waals surface area (Å²) in [5, 5.41) is 25.0. The lowest BCUT2D eigenvalue weighted by Crippen LogP contribution is -2.42. The van der Waals surface area contributed by atoms with Gasteiger partial charge in [0.25, 0.3) is 5.91 Å². The molecule has 8 heteroatoms. The fraction of sp³-hybridized carbons (Fsp3) is 0.310. The number of ether oxygens (including phenoxy) is 1. The number of anilines is 1. The lowest BCUT2D eigenvalue weighted by Gasteiger charge is -2.33. The van der Waals surface area contributed by atoms with Crippen molar-refractivity contribution < 1.29 is 9.53 Å². The van der Waals surface area contributed by atoms with E-state index >= 15 is 0 Å². The van der Waals surface area contributed by atoms with Crippen LogP contribution in [-0.2, 0) is 4.74 Å². The van der Waals surface area contributed by atoms with Crippen molar-refractivity contribution in [2.24, 2.45) is 5.92 Å². The summed E-state index contributed by atoms with van der Waals surface area (Å²) in [7, 11) is 3.75. The first-order valence-electron chi connectivity index (χ1n) is 12.2. The number of nitrogens with one attached hydrogen (secondary N) is 2. The quantitative estimate of drug-likeness (QED) is 0.470. The van der Waals surface area contributed by atoms with Gasteiger partial charge in [-0.05, 0) is 41.5 Å². The van der Waals surface area contributed by atoms with Crippen molar-refractivity contribution in [2.75, 3.05) is 45.3 Å². The van der Waals surface area contributed by atoms with E-state index in [0.29, 0.717) is 24.3 Å². The van der Waals surface area contributed by atoms with Gasteiger partial charge in [0, 0.05) is 63.6 Å². The van der Waals surface area contributed by atoms with Crippen molar-refractivity contribution in [1.82, 2.24) is 15.6 Å². The molecular formula is C29H30N6O2. The van der Waals surface area contributed by atoms with Crippen LogP contribution in [0, 0.1) is 28.6 Å². The Kier molecular flexibility index (Phi) is 8.48. The molecule has 3 aromatic rings. The number of hydrogen-bond donors (Lipinski definition) is 2. The number of nitrogens with zero attached hydrogens (tertiary/aromatic N) is 4. The van der Waals surface area contributed by atoms with Crippen LogP contribution in [0.4, 0.5) is 5.69 Å². The van der Waals surface area contributed by atoms with Crippen LogP contribution in [0.5, 0.6) is 0 Å². The van der Waals surface area contributed by atoms with Crippen LogP contribution in [0.3, 0.4) is 0 Å². The van der Waals surface area contributed by atoms with Crippen molar-refractivity contribution in [1.29, 1.82) is 10.5 Å². The molecule has 0 bridgehead atoms. The number of hydrogen-bond acceptors (Lipinski definition) is 7. The summed E-state index contributed by atoms with van der Waals surface area (Å²) < 4.78 is 5.31. The zero-order chi connectivity index (χ0) is 26.2. The average Bonchev–Trinajstić information content (AvgIpc) is 3.39. The molecule has 1 fully saturated rings. The Hall–Kier alpha value is -4.24. The summed E-state index contributed by atoms with van der Waals surface area (Å²) in [5.41, 5.74) is 4.63. The minimum Gasteiger partial charge on any atom is -0.383 e. The van der Waals surface area contributed by atoms with Gasteiger partial charge in [-0.25, -0.2) is 4.98 Å². The van der Waals surface area contributed by atoms with E-state index in [0.717, 1.165) is 29.9 Å². The monoisotopic (exact) mass is 494 g/mol. The second-order valence-electron chi connectivity index (χ2n) is 9.13. The van der Waals surface area contributed by atoms with Crippen molar-refractivity contribution >= 4 is 11.6 Å². The van der Waals surface area contributed by atoms with Crippen molar-refractivity contribution in [3.63, 3.8) is 0 Å². The van der Waals surface area contributed by atoms with Gasteiger partial charge in [0.2, 0.25) is 0 Å². The number of likely N-dealkylation sites (N-methyl/N-ethyl adjacent to an activating group) is 1. The lowest BCUT2D eigenvalue weighted by molar-refractivity contribution is 0.0929. The third-order valence-corrected chi connectivity index (χ3v) is 6.86. The molecule has 3 atom stereocenters. The highest BCUT2D eigenvalue weighted by Crippen LogP contribution is 2.40. The molecule has 1 aromatic heterocycles. The standard InChI is InChI=1S/C29H30N6O2/c1-35(13-14-37-2)27-6-4-3-5-24(27)28(21-9-7-20(15-30)8-10-21)25-18-32-19-26(25)34-29(36)22-11-12-23(16-31)33-17-22/h3-12,17,25-26,28,32H,13-14,18-19H2,1-2H3,(H,34,36)/t25?,26-,28?/m0/s1. The Morgan fingerprint density at radius 3 is 2.59 bits per heavy atom. The van der Waals surface area contributed by atoms with Crippen molar-refractivity contribution in [3.05, 3.63) is 94.8 Å². The minimum absolute atomic E-state index is 0.0340. The first-order chi connectivity index (χ1) is 18.0.